The van der Waals surface area contributed by atoms with Crippen LogP contribution in [0.25, 0.3) is 0 Å². The Morgan fingerprint density at radius 1 is 1.55 bits per heavy atom. The maximum Gasteiger partial charge on any atom is 0.142 e. The second-order valence-corrected chi connectivity index (χ2v) is 2.61. The van der Waals surface area contributed by atoms with Gasteiger partial charge in [-0.25, -0.2) is 0 Å². The quantitative estimate of drug-likeness (QED) is 0.352. The minimum Gasteiger partial charge on any atom is -0.397 e. The van der Waals surface area contributed by atoms with Crippen LogP contribution < -0.4 is 11.2 Å². The number of nitroso groups, excluding NO2 is 1. The van der Waals surface area contributed by atoms with Crippen molar-refractivity contribution < 1.29 is 0 Å². The van der Waals surface area contributed by atoms with E-state index in [1.165, 1.54) is 0 Å². The first-order valence-electron chi connectivity index (χ1n) is 3.35. The maximum absolute atomic E-state index is 10.2. The van der Waals surface area contributed by atoms with E-state index >= 15 is 0 Å². The minimum atomic E-state index is 0.357. The molecule has 0 heterocycles. The first kappa shape index (κ1) is 7.79. The number of rotatable bonds is 1. The monoisotopic (exact) mass is 148 g/mol. The molecule has 0 spiro atoms. The zero-order valence-electron chi connectivity index (χ0n) is 6.59. The van der Waals surface area contributed by atoms with E-state index in [-0.39, 0.29) is 0 Å². The van der Waals surface area contributed by atoms with Crippen LogP contribution in [0, 0.1) is 11.8 Å². The molecule has 4 heteroatoms. The molecular formula is C7H9BN2O. The number of anilines is 1. The Bertz CT molecular complexity index is 275. The molecule has 1 rings (SSSR count). The summed E-state index contributed by atoms with van der Waals surface area (Å²) in [5, 5.41) is 2.84. The third kappa shape index (κ3) is 1.39. The average molecular weight is 148 g/mol. The Hall–Kier alpha value is -1.32. The summed E-state index contributed by atoms with van der Waals surface area (Å²) in [5.41, 5.74) is 8.23. The van der Waals surface area contributed by atoms with Crippen molar-refractivity contribution in [3.63, 3.8) is 0 Å². The number of hydrogen-bond acceptors (Lipinski definition) is 3. The van der Waals surface area contributed by atoms with Crippen LogP contribution in [-0.2, 0) is 0 Å². The van der Waals surface area contributed by atoms with Gasteiger partial charge < -0.3 is 5.73 Å². The summed E-state index contributed by atoms with van der Waals surface area (Å²) in [6.45, 7) is 1.93. The molecule has 1 aromatic carbocycles. The van der Waals surface area contributed by atoms with E-state index in [0.29, 0.717) is 11.4 Å². The fourth-order valence-corrected chi connectivity index (χ4v) is 1.12. The summed E-state index contributed by atoms with van der Waals surface area (Å²) in [6, 6.07) is 3.62. The summed E-state index contributed by atoms with van der Waals surface area (Å²) in [7, 11) is 1.82. The summed E-state index contributed by atoms with van der Waals surface area (Å²) >= 11 is 0. The van der Waals surface area contributed by atoms with Gasteiger partial charge in [0, 0.05) is 0 Å². The predicted octanol–water partition coefficient (Wildman–Crippen LogP) is 0.234. The van der Waals surface area contributed by atoms with Crippen molar-refractivity contribution in [3.05, 3.63) is 22.6 Å². The fourth-order valence-electron chi connectivity index (χ4n) is 1.12. The molecule has 0 aliphatic rings. The van der Waals surface area contributed by atoms with Crippen molar-refractivity contribution >= 4 is 24.7 Å². The van der Waals surface area contributed by atoms with Crippen LogP contribution in [0.5, 0.6) is 0 Å². The highest BCUT2D eigenvalue weighted by molar-refractivity contribution is 6.36. The molecule has 11 heavy (non-hydrogen) atoms. The summed E-state index contributed by atoms with van der Waals surface area (Å²) in [4.78, 5) is 10.2. The van der Waals surface area contributed by atoms with Crippen LogP contribution >= 0.6 is 0 Å². The van der Waals surface area contributed by atoms with Crippen LogP contribution in [0.15, 0.2) is 17.3 Å². The van der Waals surface area contributed by atoms with Gasteiger partial charge in [0.2, 0.25) is 0 Å². The lowest BCUT2D eigenvalue weighted by atomic mass is 9.92. The molecule has 3 nitrogen and oxygen atoms in total. The van der Waals surface area contributed by atoms with Crippen LogP contribution in [0.4, 0.5) is 11.4 Å². The van der Waals surface area contributed by atoms with E-state index in [4.69, 9.17) is 5.73 Å². The smallest absolute Gasteiger partial charge is 0.142 e. The largest absolute Gasteiger partial charge is 0.397 e. The van der Waals surface area contributed by atoms with Gasteiger partial charge in [-0.2, -0.15) is 0 Å². The molecule has 0 amide bonds. The van der Waals surface area contributed by atoms with Crippen molar-refractivity contribution in [2.75, 3.05) is 5.73 Å². The number of benzene rings is 1. The van der Waals surface area contributed by atoms with Crippen molar-refractivity contribution in [3.8, 4) is 0 Å². The maximum atomic E-state index is 10.2. The molecule has 0 fully saturated rings. The van der Waals surface area contributed by atoms with E-state index in [2.05, 4.69) is 5.18 Å². The van der Waals surface area contributed by atoms with E-state index in [1.54, 1.807) is 6.07 Å². The third-order valence-corrected chi connectivity index (χ3v) is 1.57. The highest BCUT2D eigenvalue weighted by Gasteiger charge is 2.02. The average Bonchev–Trinajstić information content (AvgIpc) is 1.85. The zero-order valence-corrected chi connectivity index (χ0v) is 6.59. The number of aryl methyl sites for hydroxylation is 1. The van der Waals surface area contributed by atoms with E-state index in [1.807, 2.05) is 20.8 Å². The van der Waals surface area contributed by atoms with Gasteiger partial charge in [0.15, 0.2) is 0 Å². The van der Waals surface area contributed by atoms with Gasteiger partial charge in [0.25, 0.3) is 0 Å². The van der Waals surface area contributed by atoms with Crippen LogP contribution in [-0.4, -0.2) is 7.85 Å². The topological polar surface area (TPSA) is 55.4 Å². The minimum absolute atomic E-state index is 0.357. The number of hydrogen-bond donors (Lipinski definition) is 1. The molecule has 0 bridgehead atoms. The molecular weight excluding hydrogens is 139 g/mol. The van der Waals surface area contributed by atoms with Gasteiger partial charge in [-0.15, -0.1) is 4.91 Å². The highest BCUT2D eigenvalue weighted by atomic mass is 16.3. The van der Waals surface area contributed by atoms with Gasteiger partial charge in [-0.1, -0.05) is 11.5 Å². The van der Waals surface area contributed by atoms with E-state index in [0.717, 1.165) is 11.0 Å². The van der Waals surface area contributed by atoms with Crippen molar-refractivity contribution in [1.29, 1.82) is 0 Å². The Balaban J connectivity index is 3.36. The third-order valence-electron chi connectivity index (χ3n) is 1.57. The second kappa shape index (κ2) is 2.74. The lowest BCUT2D eigenvalue weighted by Gasteiger charge is -2.02. The molecule has 0 saturated heterocycles. The number of nitrogen functional groups attached to an aromatic ring is 1. The first-order valence-corrected chi connectivity index (χ1v) is 3.35. The predicted molar refractivity (Wildman–Crippen MR) is 49.2 cm³/mol. The van der Waals surface area contributed by atoms with Crippen LogP contribution in [0.3, 0.4) is 0 Å². The van der Waals surface area contributed by atoms with E-state index in [9.17, 15) is 4.91 Å². The molecule has 0 atom stereocenters. The van der Waals surface area contributed by atoms with Gasteiger partial charge in [-0.05, 0) is 23.7 Å². The Kier molecular flexibility index (Phi) is 1.94. The van der Waals surface area contributed by atoms with E-state index < -0.39 is 0 Å². The highest BCUT2D eigenvalue weighted by Crippen LogP contribution is 2.18. The second-order valence-electron chi connectivity index (χ2n) is 2.61. The normalized spacial score (nSPS) is 9.55. The Labute approximate surface area is 66.0 Å². The zero-order chi connectivity index (χ0) is 8.43. The SMILES string of the molecule is Bc1cc(C)cc(N)c1N=O. The van der Waals surface area contributed by atoms with Crippen LogP contribution in [0.2, 0.25) is 0 Å². The summed E-state index contributed by atoms with van der Waals surface area (Å²) in [6.07, 6.45) is 0. The molecule has 0 aromatic heterocycles. The van der Waals surface area contributed by atoms with Gasteiger partial charge in [-0.3, -0.25) is 0 Å². The Morgan fingerprint density at radius 3 is 2.64 bits per heavy atom. The fraction of sp³-hybridized carbons (Fsp3) is 0.143. The molecule has 2 N–H and O–H groups in total. The first-order chi connectivity index (χ1) is 5.15. The molecule has 56 valence electrons. The molecule has 0 unspecified atom stereocenters. The van der Waals surface area contributed by atoms with Gasteiger partial charge in [0.1, 0.15) is 13.5 Å². The molecule has 0 aliphatic carbocycles. The van der Waals surface area contributed by atoms with Gasteiger partial charge >= 0.3 is 0 Å². The molecule has 0 radical (unpaired) electrons. The summed E-state index contributed by atoms with van der Waals surface area (Å²) < 4.78 is 0. The van der Waals surface area contributed by atoms with Crippen molar-refractivity contribution in [2.24, 2.45) is 5.18 Å². The van der Waals surface area contributed by atoms with Crippen molar-refractivity contribution in [1.82, 2.24) is 0 Å². The standard InChI is InChI=1S/C7H9BN2O/c1-4-2-5(8)7(10-11)6(9)3-4/h2-3H,8-9H2,1H3. The molecule has 1 aromatic rings. The Morgan fingerprint density at radius 2 is 2.18 bits per heavy atom. The lowest BCUT2D eigenvalue weighted by Crippen LogP contribution is -2.05. The number of nitrogens with two attached hydrogens (primary N) is 1. The molecule has 0 aliphatic heterocycles. The number of nitrogens with zero attached hydrogens (tertiary/aromatic N) is 1. The lowest BCUT2D eigenvalue weighted by molar-refractivity contribution is 1.45. The summed E-state index contributed by atoms with van der Waals surface area (Å²) in [5.74, 6) is 0. The van der Waals surface area contributed by atoms with Crippen molar-refractivity contribution in [2.45, 2.75) is 6.92 Å². The molecule has 0 saturated carbocycles. The van der Waals surface area contributed by atoms with Gasteiger partial charge in [0.05, 0.1) is 5.69 Å². The van der Waals surface area contributed by atoms with Crippen LogP contribution in [0.1, 0.15) is 5.56 Å².